The van der Waals surface area contributed by atoms with Crippen molar-refractivity contribution in [1.29, 1.82) is 0 Å². The Morgan fingerprint density at radius 2 is 1.45 bits per heavy atom. The molecule has 0 saturated heterocycles. The summed E-state index contributed by atoms with van der Waals surface area (Å²) in [7, 11) is 0. The number of hydrogen-bond acceptors (Lipinski definition) is 8. The molecule has 0 fully saturated rings. The van der Waals surface area contributed by atoms with E-state index in [0.717, 1.165) is 6.07 Å². The summed E-state index contributed by atoms with van der Waals surface area (Å²) in [6, 6.07) is 19.2. The Bertz CT molecular complexity index is 1730. The lowest BCUT2D eigenvalue weighted by Gasteiger charge is -2.26. The molecule has 0 saturated carbocycles. The monoisotopic (exact) mass is 508 g/mol. The van der Waals surface area contributed by atoms with Crippen molar-refractivity contribution in [1.82, 2.24) is 0 Å². The van der Waals surface area contributed by atoms with Crippen LogP contribution >= 0.6 is 0 Å². The first-order chi connectivity index (χ1) is 18.3. The number of aromatic hydroxyl groups is 4. The number of fused-ring (bicyclic) bond motifs is 3. The summed E-state index contributed by atoms with van der Waals surface area (Å²) in [6.45, 7) is 0. The van der Waals surface area contributed by atoms with Gasteiger partial charge >= 0.3 is 0 Å². The van der Waals surface area contributed by atoms with Gasteiger partial charge in [-0.2, -0.15) is 0 Å². The van der Waals surface area contributed by atoms with Crippen molar-refractivity contribution in [2.24, 2.45) is 0 Å². The number of benzene rings is 4. The first-order valence-electron chi connectivity index (χ1n) is 11.7. The zero-order chi connectivity index (χ0) is 26.6. The van der Waals surface area contributed by atoms with Crippen LogP contribution in [0.5, 0.6) is 28.7 Å². The number of phenolic OH excluding ortho intramolecular Hbond substituents is 4. The second-order valence-corrected chi connectivity index (χ2v) is 9.02. The Morgan fingerprint density at radius 1 is 0.789 bits per heavy atom. The fourth-order valence-corrected chi connectivity index (χ4v) is 4.72. The largest absolute Gasteiger partial charge is 0.508 e. The van der Waals surface area contributed by atoms with E-state index in [1.165, 1.54) is 36.4 Å². The second kappa shape index (κ2) is 8.70. The van der Waals surface area contributed by atoms with E-state index in [9.17, 15) is 30.0 Å². The fraction of sp³-hybridized carbons (Fsp3) is 0.0667. The van der Waals surface area contributed by atoms with Gasteiger partial charge in [0.15, 0.2) is 5.78 Å². The zero-order valence-electron chi connectivity index (χ0n) is 19.7. The molecule has 1 aliphatic heterocycles. The summed E-state index contributed by atoms with van der Waals surface area (Å²) >= 11 is 0. The lowest BCUT2D eigenvalue weighted by molar-refractivity contribution is 0.0852. The van der Waals surface area contributed by atoms with Crippen LogP contribution in [0.3, 0.4) is 0 Å². The third-order valence-electron chi connectivity index (χ3n) is 6.59. The van der Waals surface area contributed by atoms with E-state index in [1.807, 2.05) is 0 Å². The second-order valence-electron chi connectivity index (χ2n) is 9.02. The van der Waals surface area contributed by atoms with Gasteiger partial charge in [0.2, 0.25) is 5.78 Å². The third kappa shape index (κ3) is 3.79. The molecule has 38 heavy (non-hydrogen) atoms. The van der Waals surface area contributed by atoms with Crippen LogP contribution in [-0.4, -0.2) is 32.0 Å². The lowest BCUT2D eigenvalue weighted by Crippen LogP contribution is -2.20. The molecule has 0 aliphatic carbocycles. The quantitative estimate of drug-likeness (QED) is 0.222. The van der Waals surface area contributed by atoms with Crippen LogP contribution in [-0.2, 0) is 0 Å². The number of ketones is 2. The molecular formula is C30H20O8. The van der Waals surface area contributed by atoms with Crippen molar-refractivity contribution in [3.8, 4) is 40.1 Å². The van der Waals surface area contributed by atoms with Crippen LogP contribution in [0, 0.1) is 0 Å². The molecule has 8 nitrogen and oxygen atoms in total. The minimum Gasteiger partial charge on any atom is -0.508 e. The molecule has 6 rings (SSSR count). The van der Waals surface area contributed by atoms with Gasteiger partial charge in [-0.25, -0.2) is 0 Å². The molecule has 2 heterocycles. The van der Waals surface area contributed by atoms with Crippen molar-refractivity contribution < 1.29 is 39.2 Å². The highest BCUT2D eigenvalue weighted by molar-refractivity contribution is 6.23. The van der Waals surface area contributed by atoms with Gasteiger partial charge in [0.05, 0.1) is 28.5 Å². The van der Waals surface area contributed by atoms with Crippen LogP contribution in [0.2, 0.25) is 0 Å². The van der Waals surface area contributed by atoms with Crippen LogP contribution in [0.4, 0.5) is 0 Å². The fourth-order valence-electron chi connectivity index (χ4n) is 4.72. The van der Waals surface area contributed by atoms with Crippen molar-refractivity contribution in [3.05, 3.63) is 101 Å². The normalized spacial score (nSPS) is 14.7. The van der Waals surface area contributed by atoms with Gasteiger partial charge in [0, 0.05) is 11.6 Å². The summed E-state index contributed by atoms with van der Waals surface area (Å²) in [5.41, 5.74) is 1.70. The van der Waals surface area contributed by atoms with E-state index in [4.69, 9.17) is 9.15 Å². The molecule has 0 amide bonds. The Hall–Kier alpha value is -5.24. The molecule has 0 spiro atoms. The maximum Gasteiger partial charge on any atom is 0.201 e. The molecule has 188 valence electrons. The number of hydrogen-bond donors (Lipinski definition) is 4. The van der Waals surface area contributed by atoms with Crippen molar-refractivity contribution >= 4 is 22.5 Å². The molecule has 5 aromatic rings. The van der Waals surface area contributed by atoms with E-state index in [-0.39, 0.29) is 68.6 Å². The summed E-state index contributed by atoms with van der Waals surface area (Å²) in [5, 5.41) is 39.9. The van der Waals surface area contributed by atoms with Gasteiger partial charge in [-0.1, -0.05) is 12.1 Å². The predicted molar refractivity (Wildman–Crippen MR) is 137 cm³/mol. The SMILES string of the molecule is O=C1CC(c2ccc(O)cc2)Oc2c1ccc1oc(-c3ccc(O)cc3)c(C(=O)c3ccc(O)cc3O)c21. The summed E-state index contributed by atoms with van der Waals surface area (Å²) in [6.07, 6.45) is -0.605. The van der Waals surface area contributed by atoms with E-state index in [1.54, 1.807) is 36.4 Å². The van der Waals surface area contributed by atoms with Gasteiger partial charge in [-0.05, 0) is 66.2 Å². The topological polar surface area (TPSA) is 137 Å². The highest BCUT2D eigenvalue weighted by atomic mass is 16.5. The molecule has 1 aliphatic rings. The van der Waals surface area contributed by atoms with E-state index >= 15 is 0 Å². The predicted octanol–water partition coefficient (Wildman–Crippen LogP) is 5.86. The van der Waals surface area contributed by atoms with E-state index < -0.39 is 17.6 Å². The lowest BCUT2D eigenvalue weighted by atomic mass is 9.91. The van der Waals surface area contributed by atoms with Gasteiger partial charge in [-0.15, -0.1) is 0 Å². The van der Waals surface area contributed by atoms with Crippen LogP contribution in [0.1, 0.15) is 44.4 Å². The number of phenols is 4. The molecule has 1 unspecified atom stereocenters. The molecule has 4 aromatic carbocycles. The van der Waals surface area contributed by atoms with E-state index in [2.05, 4.69) is 0 Å². The minimum absolute atomic E-state index is 0.0250. The average Bonchev–Trinajstić information content (AvgIpc) is 3.29. The van der Waals surface area contributed by atoms with Gasteiger partial charge in [0.25, 0.3) is 0 Å². The maximum atomic E-state index is 14.0. The van der Waals surface area contributed by atoms with Gasteiger partial charge in [0.1, 0.15) is 46.2 Å². The first kappa shape index (κ1) is 23.2. The molecule has 1 atom stereocenters. The van der Waals surface area contributed by atoms with E-state index in [0.29, 0.717) is 11.1 Å². The number of carbonyl (C=O) groups excluding carboxylic acids is 2. The highest BCUT2D eigenvalue weighted by Gasteiger charge is 2.34. The Balaban J connectivity index is 1.60. The molecular weight excluding hydrogens is 488 g/mol. The number of rotatable bonds is 4. The summed E-state index contributed by atoms with van der Waals surface area (Å²) < 4.78 is 12.5. The minimum atomic E-state index is -0.668. The molecule has 1 aromatic heterocycles. The van der Waals surface area contributed by atoms with Crippen LogP contribution in [0.25, 0.3) is 22.3 Å². The third-order valence-corrected chi connectivity index (χ3v) is 6.59. The maximum absolute atomic E-state index is 14.0. The Labute approximate surface area is 215 Å². The van der Waals surface area contributed by atoms with Crippen molar-refractivity contribution in [3.63, 3.8) is 0 Å². The Kier molecular flexibility index (Phi) is 5.31. The standard InChI is InChI=1S/C30H20O8/c31-17-5-1-15(2-6-17)25-14-23(35)21-11-12-24-26(30(21)38-25)27(28(36)20-10-9-19(33)13-22(20)34)29(37-24)16-3-7-18(32)8-4-16/h1-13,25,31-34H,14H2. The average molecular weight is 508 g/mol. The number of ether oxygens (including phenoxy) is 1. The summed E-state index contributed by atoms with van der Waals surface area (Å²) in [4.78, 5) is 27.1. The molecule has 0 radical (unpaired) electrons. The number of carbonyl (C=O) groups is 2. The van der Waals surface area contributed by atoms with Crippen molar-refractivity contribution in [2.45, 2.75) is 12.5 Å². The smallest absolute Gasteiger partial charge is 0.201 e. The Morgan fingerprint density at radius 3 is 2.13 bits per heavy atom. The highest BCUT2D eigenvalue weighted by Crippen LogP contribution is 2.46. The number of furan rings is 1. The van der Waals surface area contributed by atoms with Gasteiger partial charge < -0.3 is 29.6 Å². The molecule has 8 heteroatoms. The summed E-state index contributed by atoms with van der Waals surface area (Å²) in [5.74, 6) is -1.00. The van der Waals surface area contributed by atoms with Crippen LogP contribution in [0.15, 0.2) is 83.3 Å². The first-order valence-corrected chi connectivity index (χ1v) is 11.7. The molecule has 0 bridgehead atoms. The zero-order valence-corrected chi connectivity index (χ0v) is 19.7. The van der Waals surface area contributed by atoms with Gasteiger partial charge in [-0.3, -0.25) is 9.59 Å². The molecule has 4 N–H and O–H groups in total. The van der Waals surface area contributed by atoms with Crippen LogP contribution < -0.4 is 4.74 Å². The van der Waals surface area contributed by atoms with Crippen molar-refractivity contribution in [2.75, 3.05) is 0 Å². The number of Topliss-reactive ketones (excluding diaryl/α,β-unsaturated/α-hetero) is 1.